The van der Waals surface area contributed by atoms with Crippen LogP contribution in [0.2, 0.25) is 0 Å². The van der Waals surface area contributed by atoms with Crippen molar-refractivity contribution in [1.29, 1.82) is 0 Å². The quantitative estimate of drug-likeness (QED) is 0.837. The van der Waals surface area contributed by atoms with E-state index < -0.39 is 6.10 Å². The Morgan fingerprint density at radius 1 is 1.17 bits per heavy atom. The molecule has 96 valence electrons. The topological polar surface area (TPSA) is 32.3 Å². The van der Waals surface area contributed by atoms with Crippen molar-refractivity contribution in [2.45, 2.75) is 26.0 Å². The van der Waals surface area contributed by atoms with Crippen LogP contribution in [0, 0.1) is 0 Å². The molecule has 0 aliphatic rings. The minimum absolute atomic E-state index is 0.404. The molecule has 0 aliphatic carbocycles. The molecule has 1 aromatic carbocycles. The lowest BCUT2D eigenvalue weighted by Gasteiger charge is -2.12. The average Bonchev–Trinajstić information content (AvgIpc) is 2.93. The fourth-order valence-electron chi connectivity index (χ4n) is 2.00. The second kappa shape index (κ2) is 6.69. The summed E-state index contributed by atoms with van der Waals surface area (Å²) in [4.78, 5) is 1.02. The van der Waals surface area contributed by atoms with Crippen LogP contribution in [-0.2, 0) is 13.0 Å². The summed E-state index contributed by atoms with van der Waals surface area (Å²) in [5, 5.41) is 15.3. The zero-order valence-corrected chi connectivity index (χ0v) is 11.4. The normalized spacial score (nSPS) is 12.6. The molecule has 0 saturated heterocycles. The second-order valence-corrected chi connectivity index (χ2v) is 5.26. The van der Waals surface area contributed by atoms with E-state index in [9.17, 15) is 5.11 Å². The van der Waals surface area contributed by atoms with Crippen LogP contribution < -0.4 is 5.32 Å². The summed E-state index contributed by atoms with van der Waals surface area (Å²) in [7, 11) is 0. The highest BCUT2D eigenvalue weighted by molar-refractivity contribution is 7.10. The molecule has 2 rings (SSSR count). The zero-order chi connectivity index (χ0) is 12.8. The maximum absolute atomic E-state index is 9.96. The Morgan fingerprint density at radius 3 is 2.61 bits per heavy atom. The molecular weight excluding hydrogens is 242 g/mol. The van der Waals surface area contributed by atoms with Crippen LogP contribution in [0.1, 0.15) is 29.0 Å². The van der Waals surface area contributed by atoms with Gasteiger partial charge in [0.05, 0.1) is 0 Å². The van der Waals surface area contributed by atoms with Crippen molar-refractivity contribution in [2.24, 2.45) is 0 Å². The Bertz CT molecular complexity index is 467. The van der Waals surface area contributed by atoms with Crippen molar-refractivity contribution >= 4 is 11.3 Å². The first-order chi connectivity index (χ1) is 8.81. The van der Waals surface area contributed by atoms with Gasteiger partial charge < -0.3 is 10.4 Å². The van der Waals surface area contributed by atoms with Gasteiger partial charge in [0.15, 0.2) is 0 Å². The highest BCUT2D eigenvalue weighted by atomic mass is 32.1. The number of aryl methyl sites for hydroxylation is 1. The van der Waals surface area contributed by atoms with Crippen molar-refractivity contribution in [3.8, 4) is 0 Å². The fraction of sp³-hybridized carbons (Fsp3) is 0.333. The smallest absolute Gasteiger partial charge is 0.101 e. The van der Waals surface area contributed by atoms with Gasteiger partial charge in [-0.25, -0.2) is 0 Å². The largest absolute Gasteiger partial charge is 0.386 e. The summed E-state index contributed by atoms with van der Waals surface area (Å²) in [6.45, 7) is 3.57. The van der Waals surface area contributed by atoms with Gasteiger partial charge >= 0.3 is 0 Å². The van der Waals surface area contributed by atoms with Crippen molar-refractivity contribution in [3.63, 3.8) is 0 Å². The van der Waals surface area contributed by atoms with E-state index in [1.807, 2.05) is 17.5 Å². The number of thiophene rings is 1. The van der Waals surface area contributed by atoms with Crippen molar-refractivity contribution in [1.82, 2.24) is 5.32 Å². The minimum atomic E-state index is -0.404. The second-order valence-electron chi connectivity index (χ2n) is 4.28. The molecule has 0 saturated carbocycles. The van der Waals surface area contributed by atoms with E-state index in [1.54, 1.807) is 11.3 Å². The van der Waals surface area contributed by atoms with E-state index >= 15 is 0 Å². The summed E-state index contributed by atoms with van der Waals surface area (Å²) in [5.41, 5.74) is 2.69. The molecule has 2 aromatic rings. The van der Waals surface area contributed by atoms with Crippen LogP contribution in [-0.4, -0.2) is 11.7 Å². The van der Waals surface area contributed by atoms with E-state index in [4.69, 9.17) is 0 Å². The van der Waals surface area contributed by atoms with Gasteiger partial charge in [0.1, 0.15) is 6.10 Å². The van der Waals surface area contributed by atoms with Crippen LogP contribution in [0.4, 0.5) is 0 Å². The van der Waals surface area contributed by atoms with E-state index in [2.05, 4.69) is 36.5 Å². The van der Waals surface area contributed by atoms with Crippen molar-refractivity contribution < 1.29 is 5.11 Å². The molecule has 2 N–H and O–H groups in total. The number of rotatable bonds is 6. The lowest BCUT2D eigenvalue weighted by atomic mass is 10.1. The summed E-state index contributed by atoms with van der Waals surface area (Å²) < 4.78 is 0. The molecule has 0 aliphatic heterocycles. The number of hydrogen-bond acceptors (Lipinski definition) is 3. The lowest BCUT2D eigenvalue weighted by Crippen LogP contribution is -2.21. The Labute approximate surface area is 112 Å². The van der Waals surface area contributed by atoms with Gasteiger partial charge in [-0.3, -0.25) is 0 Å². The average molecular weight is 261 g/mol. The van der Waals surface area contributed by atoms with Gasteiger partial charge in [0, 0.05) is 18.0 Å². The predicted octanol–water partition coefficient (Wildman–Crippen LogP) is 3.13. The van der Waals surface area contributed by atoms with Crippen LogP contribution in [0.5, 0.6) is 0 Å². The van der Waals surface area contributed by atoms with E-state index in [0.717, 1.165) is 17.8 Å². The van der Waals surface area contributed by atoms with Gasteiger partial charge in [-0.05, 0) is 29.0 Å². The first-order valence-electron chi connectivity index (χ1n) is 6.30. The van der Waals surface area contributed by atoms with Gasteiger partial charge in [0.25, 0.3) is 0 Å². The number of benzene rings is 1. The monoisotopic (exact) mass is 261 g/mol. The summed E-state index contributed by atoms with van der Waals surface area (Å²) in [6, 6.07) is 12.4. The van der Waals surface area contributed by atoms with Crippen LogP contribution in [0.15, 0.2) is 41.8 Å². The maximum atomic E-state index is 9.96. The molecule has 1 heterocycles. The van der Waals surface area contributed by atoms with Crippen molar-refractivity contribution in [3.05, 3.63) is 57.8 Å². The first kappa shape index (κ1) is 13.3. The van der Waals surface area contributed by atoms with Gasteiger partial charge in [-0.2, -0.15) is 0 Å². The Balaban J connectivity index is 1.85. The van der Waals surface area contributed by atoms with E-state index in [1.165, 1.54) is 11.1 Å². The number of aliphatic hydroxyl groups is 1. The van der Waals surface area contributed by atoms with E-state index in [0.29, 0.717) is 6.54 Å². The first-order valence-corrected chi connectivity index (χ1v) is 7.18. The van der Waals surface area contributed by atoms with Crippen LogP contribution in [0.3, 0.4) is 0 Å². The maximum Gasteiger partial charge on any atom is 0.101 e. The molecule has 18 heavy (non-hydrogen) atoms. The molecule has 3 heteroatoms. The minimum Gasteiger partial charge on any atom is -0.386 e. The highest BCUT2D eigenvalue weighted by Crippen LogP contribution is 2.18. The molecule has 0 amide bonds. The molecule has 0 spiro atoms. The SMILES string of the molecule is CCc1ccccc1CNCC(O)c1cccs1. The third-order valence-electron chi connectivity index (χ3n) is 3.02. The zero-order valence-electron chi connectivity index (χ0n) is 10.6. The Hall–Kier alpha value is -1.16. The molecule has 2 nitrogen and oxygen atoms in total. The molecule has 0 bridgehead atoms. The standard InChI is InChI=1S/C15H19NOS/c1-2-12-6-3-4-7-13(12)10-16-11-14(17)15-8-5-9-18-15/h3-9,14,16-17H,2,10-11H2,1H3. The van der Waals surface area contributed by atoms with E-state index in [-0.39, 0.29) is 0 Å². The van der Waals surface area contributed by atoms with Crippen LogP contribution >= 0.6 is 11.3 Å². The summed E-state index contributed by atoms with van der Waals surface area (Å²) in [5.74, 6) is 0. The third kappa shape index (κ3) is 3.42. The lowest BCUT2D eigenvalue weighted by molar-refractivity contribution is 0.178. The molecular formula is C15H19NOS. The molecule has 0 fully saturated rings. The highest BCUT2D eigenvalue weighted by Gasteiger charge is 2.08. The van der Waals surface area contributed by atoms with Crippen molar-refractivity contribution in [2.75, 3.05) is 6.54 Å². The molecule has 1 unspecified atom stereocenters. The summed E-state index contributed by atoms with van der Waals surface area (Å²) in [6.07, 6.45) is 0.643. The summed E-state index contributed by atoms with van der Waals surface area (Å²) >= 11 is 1.59. The Morgan fingerprint density at radius 2 is 1.94 bits per heavy atom. The molecule has 1 aromatic heterocycles. The van der Waals surface area contributed by atoms with Gasteiger partial charge in [-0.15, -0.1) is 11.3 Å². The number of aliphatic hydroxyl groups excluding tert-OH is 1. The molecule has 1 atom stereocenters. The number of nitrogens with one attached hydrogen (secondary N) is 1. The third-order valence-corrected chi connectivity index (χ3v) is 4.00. The molecule has 0 radical (unpaired) electrons. The number of hydrogen-bond donors (Lipinski definition) is 2. The fourth-order valence-corrected chi connectivity index (χ4v) is 2.71. The van der Waals surface area contributed by atoms with Gasteiger partial charge in [0.2, 0.25) is 0 Å². The van der Waals surface area contributed by atoms with Gasteiger partial charge in [-0.1, -0.05) is 37.3 Å². The Kier molecular flexibility index (Phi) is 4.93. The predicted molar refractivity (Wildman–Crippen MR) is 76.8 cm³/mol. The van der Waals surface area contributed by atoms with Crippen LogP contribution in [0.25, 0.3) is 0 Å².